The minimum absolute atomic E-state index is 0.352. The van der Waals surface area contributed by atoms with Gasteiger partial charge in [-0.3, -0.25) is 0 Å². The van der Waals surface area contributed by atoms with Crippen LogP contribution < -0.4 is 10.6 Å². The van der Waals surface area contributed by atoms with Crippen LogP contribution in [0.1, 0.15) is 19.4 Å². The van der Waals surface area contributed by atoms with E-state index in [1.807, 2.05) is 18.2 Å². The summed E-state index contributed by atoms with van der Waals surface area (Å²) in [6.07, 6.45) is 0.727. The largest absolute Gasteiger partial charge is 0.508 e. The van der Waals surface area contributed by atoms with E-state index < -0.39 is 0 Å². The maximum Gasteiger partial charge on any atom is 0.120 e. The molecule has 0 spiro atoms. The van der Waals surface area contributed by atoms with Crippen molar-refractivity contribution in [2.24, 2.45) is 5.73 Å². The van der Waals surface area contributed by atoms with Crippen molar-refractivity contribution in [1.82, 2.24) is 0 Å². The van der Waals surface area contributed by atoms with E-state index in [0.717, 1.165) is 30.8 Å². The van der Waals surface area contributed by atoms with Gasteiger partial charge in [-0.15, -0.1) is 0 Å². The van der Waals surface area contributed by atoms with Crippen LogP contribution in [0.2, 0.25) is 0 Å². The first-order valence-corrected chi connectivity index (χ1v) is 5.49. The maximum atomic E-state index is 9.78. The average Bonchev–Trinajstić information content (AvgIpc) is 2.24. The van der Waals surface area contributed by atoms with Crippen LogP contribution in [0.5, 0.6) is 5.75 Å². The van der Waals surface area contributed by atoms with Gasteiger partial charge in [-0.25, -0.2) is 0 Å². The third-order valence-corrected chi connectivity index (χ3v) is 2.61. The van der Waals surface area contributed by atoms with E-state index in [2.05, 4.69) is 18.7 Å². The van der Waals surface area contributed by atoms with Crippen LogP contribution in [0.25, 0.3) is 0 Å². The number of aromatic hydroxyl groups is 1. The Morgan fingerprint density at radius 2 is 1.93 bits per heavy atom. The molecule has 0 saturated carbocycles. The Hall–Kier alpha value is -1.22. The Kier molecular flexibility index (Phi) is 4.43. The van der Waals surface area contributed by atoms with E-state index in [1.165, 1.54) is 0 Å². The summed E-state index contributed by atoms with van der Waals surface area (Å²) in [5.74, 6) is 0.352. The highest BCUT2D eigenvalue weighted by atomic mass is 16.3. The van der Waals surface area contributed by atoms with Gasteiger partial charge in [0.2, 0.25) is 0 Å². The Labute approximate surface area is 91.5 Å². The number of benzene rings is 1. The summed E-state index contributed by atoms with van der Waals surface area (Å²) in [6, 6.07) is 5.81. The smallest absolute Gasteiger partial charge is 0.120 e. The lowest BCUT2D eigenvalue weighted by Gasteiger charge is -2.21. The predicted octanol–water partition coefficient (Wildman–Crippen LogP) is 1.74. The molecular weight excluding hydrogens is 188 g/mol. The van der Waals surface area contributed by atoms with Gasteiger partial charge in [0.1, 0.15) is 5.75 Å². The fourth-order valence-electron chi connectivity index (χ4n) is 1.70. The molecule has 0 bridgehead atoms. The summed E-state index contributed by atoms with van der Waals surface area (Å²) < 4.78 is 0. The fourth-order valence-corrected chi connectivity index (χ4v) is 1.70. The zero-order chi connectivity index (χ0) is 11.3. The molecule has 15 heavy (non-hydrogen) atoms. The quantitative estimate of drug-likeness (QED) is 0.775. The molecule has 0 heterocycles. The molecule has 0 aliphatic heterocycles. The number of rotatable bonds is 5. The van der Waals surface area contributed by atoms with E-state index in [9.17, 15) is 5.11 Å². The molecule has 0 aliphatic rings. The molecule has 3 nitrogen and oxygen atoms in total. The number of phenols is 1. The zero-order valence-corrected chi connectivity index (χ0v) is 9.53. The molecule has 3 N–H and O–H groups in total. The highest BCUT2D eigenvalue weighted by Crippen LogP contribution is 2.24. The van der Waals surface area contributed by atoms with Crippen molar-refractivity contribution < 1.29 is 5.11 Å². The van der Waals surface area contributed by atoms with Crippen molar-refractivity contribution in [1.29, 1.82) is 0 Å². The van der Waals surface area contributed by atoms with Crippen molar-refractivity contribution in [3.8, 4) is 5.75 Å². The second-order valence-corrected chi connectivity index (χ2v) is 3.52. The van der Waals surface area contributed by atoms with Gasteiger partial charge in [0.05, 0.1) is 0 Å². The first-order chi connectivity index (χ1) is 7.22. The number of hydrogen-bond donors (Lipinski definition) is 2. The molecule has 0 saturated heterocycles. The average molecular weight is 208 g/mol. The van der Waals surface area contributed by atoms with Gasteiger partial charge in [0, 0.05) is 24.8 Å². The predicted molar refractivity (Wildman–Crippen MR) is 64.4 cm³/mol. The van der Waals surface area contributed by atoms with Crippen LogP contribution in [0, 0.1) is 0 Å². The van der Waals surface area contributed by atoms with Gasteiger partial charge >= 0.3 is 0 Å². The Morgan fingerprint density at radius 3 is 2.40 bits per heavy atom. The van der Waals surface area contributed by atoms with E-state index in [0.29, 0.717) is 12.3 Å². The normalized spacial score (nSPS) is 10.3. The molecule has 0 amide bonds. The third-order valence-electron chi connectivity index (χ3n) is 2.61. The number of nitrogens with two attached hydrogens (primary N) is 1. The highest BCUT2D eigenvalue weighted by molar-refractivity contribution is 5.53. The van der Waals surface area contributed by atoms with E-state index >= 15 is 0 Å². The van der Waals surface area contributed by atoms with Crippen molar-refractivity contribution in [3.63, 3.8) is 0 Å². The lowest BCUT2D eigenvalue weighted by Crippen LogP contribution is -2.21. The van der Waals surface area contributed by atoms with Gasteiger partial charge in [-0.2, -0.15) is 0 Å². The lowest BCUT2D eigenvalue weighted by atomic mass is 10.1. The molecule has 84 valence electrons. The van der Waals surface area contributed by atoms with E-state index in [1.54, 1.807) is 0 Å². The molecular formula is C12H20N2O. The van der Waals surface area contributed by atoms with Crippen LogP contribution in [-0.4, -0.2) is 24.7 Å². The third kappa shape index (κ3) is 2.86. The van der Waals surface area contributed by atoms with E-state index in [-0.39, 0.29) is 0 Å². The molecule has 3 heteroatoms. The summed E-state index contributed by atoms with van der Waals surface area (Å²) in [5, 5.41) is 9.78. The zero-order valence-electron chi connectivity index (χ0n) is 9.53. The summed E-state index contributed by atoms with van der Waals surface area (Å²) in [4.78, 5) is 2.20. The summed E-state index contributed by atoms with van der Waals surface area (Å²) in [7, 11) is 0. The van der Waals surface area contributed by atoms with Gasteiger partial charge in [0.25, 0.3) is 0 Å². The standard InChI is InChI=1S/C12H20N2O/c1-3-14(4-2)11-6-5-10(7-8-13)12(15)9-11/h5-6,9,15H,3-4,7-8,13H2,1-2H3. The maximum absolute atomic E-state index is 9.78. The van der Waals surface area contributed by atoms with Crippen LogP contribution in [0.4, 0.5) is 5.69 Å². The second-order valence-electron chi connectivity index (χ2n) is 3.52. The minimum atomic E-state index is 0.352. The second kappa shape index (κ2) is 5.61. The van der Waals surface area contributed by atoms with Crippen molar-refractivity contribution in [2.45, 2.75) is 20.3 Å². The van der Waals surface area contributed by atoms with Crippen molar-refractivity contribution in [2.75, 3.05) is 24.5 Å². The molecule has 0 unspecified atom stereocenters. The Balaban J connectivity index is 2.89. The monoisotopic (exact) mass is 208 g/mol. The highest BCUT2D eigenvalue weighted by Gasteiger charge is 2.05. The molecule has 1 rings (SSSR count). The van der Waals surface area contributed by atoms with Gasteiger partial charge < -0.3 is 15.7 Å². The fraction of sp³-hybridized carbons (Fsp3) is 0.500. The number of phenolic OH excluding ortho intramolecular Hbond substituents is 1. The molecule has 0 atom stereocenters. The van der Waals surface area contributed by atoms with Gasteiger partial charge in [-0.05, 0) is 38.4 Å². The Morgan fingerprint density at radius 1 is 1.27 bits per heavy atom. The van der Waals surface area contributed by atoms with Gasteiger partial charge in [-0.1, -0.05) is 6.07 Å². The summed E-state index contributed by atoms with van der Waals surface area (Å²) >= 11 is 0. The SMILES string of the molecule is CCN(CC)c1ccc(CCN)c(O)c1. The Bertz CT molecular complexity index is 308. The molecule has 1 aromatic carbocycles. The molecule has 0 aliphatic carbocycles. The van der Waals surface area contributed by atoms with Crippen LogP contribution in [0.15, 0.2) is 18.2 Å². The molecule has 0 fully saturated rings. The number of nitrogens with zero attached hydrogens (tertiary/aromatic N) is 1. The molecule has 0 aromatic heterocycles. The van der Waals surface area contributed by atoms with Crippen LogP contribution in [0.3, 0.4) is 0 Å². The summed E-state index contributed by atoms with van der Waals surface area (Å²) in [6.45, 7) is 6.68. The number of anilines is 1. The number of hydrogen-bond acceptors (Lipinski definition) is 3. The minimum Gasteiger partial charge on any atom is -0.508 e. The lowest BCUT2D eigenvalue weighted by molar-refractivity contribution is 0.468. The molecule has 1 aromatic rings. The first kappa shape index (κ1) is 11.9. The van der Waals surface area contributed by atoms with Crippen LogP contribution in [-0.2, 0) is 6.42 Å². The topological polar surface area (TPSA) is 49.5 Å². The molecule has 0 radical (unpaired) electrons. The van der Waals surface area contributed by atoms with E-state index in [4.69, 9.17) is 5.73 Å². The van der Waals surface area contributed by atoms with Crippen molar-refractivity contribution in [3.05, 3.63) is 23.8 Å². The van der Waals surface area contributed by atoms with Crippen LogP contribution >= 0.6 is 0 Å². The van der Waals surface area contributed by atoms with Crippen molar-refractivity contribution >= 4 is 5.69 Å². The first-order valence-electron chi connectivity index (χ1n) is 5.49. The summed E-state index contributed by atoms with van der Waals surface area (Å²) in [5.41, 5.74) is 7.45. The van der Waals surface area contributed by atoms with Gasteiger partial charge in [0.15, 0.2) is 0 Å².